The Morgan fingerprint density at radius 1 is 1.00 bits per heavy atom. The van der Waals surface area contributed by atoms with Crippen LogP contribution in [-0.4, -0.2) is 73.9 Å². The van der Waals surface area contributed by atoms with Crippen molar-refractivity contribution in [2.24, 2.45) is 0 Å². The SMILES string of the molecule is C[C@@H]1COCCN1c1cc(=O)n2c(n1)N(Cc1ccnnc1)[C@H](C(F)(F)F)CC2.O=c1cc(C(F)(F)F)nc2n1CCCN2. The molecule has 0 aromatic carbocycles. The molecule has 3 aliphatic rings. The van der Waals surface area contributed by atoms with Crippen molar-refractivity contribution >= 4 is 17.7 Å². The molecule has 1 N–H and O–H groups in total. The Labute approximate surface area is 246 Å². The highest BCUT2D eigenvalue weighted by molar-refractivity contribution is 5.48. The molecule has 3 aromatic heterocycles. The topological polar surface area (TPSA) is 123 Å². The molecule has 12 nitrogen and oxygen atoms in total. The van der Waals surface area contributed by atoms with E-state index in [1.54, 1.807) is 6.07 Å². The third kappa shape index (κ3) is 6.79. The van der Waals surface area contributed by atoms with Crippen molar-refractivity contribution in [3.63, 3.8) is 0 Å². The van der Waals surface area contributed by atoms with Crippen LogP contribution in [0.15, 0.2) is 40.2 Å². The minimum absolute atomic E-state index is 0.000995. The molecular formula is C26H29F6N9O3. The van der Waals surface area contributed by atoms with E-state index in [1.807, 2.05) is 11.8 Å². The summed E-state index contributed by atoms with van der Waals surface area (Å²) in [5.41, 5.74) is -1.61. The minimum Gasteiger partial charge on any atom is -0.377 e. The molecule has 3 aliphatic heterocycles. The van der Waals surface area contributed by atoms with E-state index >= 15 is 0 Å². The van der Waals surface area contributed by atoms with Crippen molar-refractivity contribution in [3.05, 3.63) is 62.6 Å². The van der Waals surface area contributed by atoms with Gasteiger partial charge in [0.15, 0.2) is 5.69 Å². The van der Waals surface area contributed by atoms with Crippen molar-refractivity contribution in [1.29, 1.82) is 0 Å². The summed E-state index contributed by atoms with van der Waals surface area (Å²) in [6, 6.07) is 1.76. The van der Waals surface area contributed by atoms with Gasteiger partial charge in [0.25, 0.3) is 11.1 Å². The zero-order valence-electron chi connectivity index (χ0n) is 23.5. The standard InChI is InChI=1S/C18H21F3N6O2.C8H8F3N3O/c1-12-11-29-7-6-25(12)15-8-16(28)26-5-3-14(18(19,20)21)27(17(26)24-15)10-13-2-4-22-23-9-13;9-8(10,11)5-4-6(15)14-3-1-2-12-7(14)13-5/h2,4,8-9,12,14H,3,5-7,10-11H2,1H3;4H,1-3H2,(H,12,13)/t12-,14+;/m1./s1. The van der Waals surface area contributed by atoms with Gasteiger partial charge in [-0.25, -0.2) is 4.98 Å². The molecule has 0 radical (unpaired) electrons. The Kier molecular flexibility index (Phi) is 8.80. The first-order chi connectivity index (χ1) is 20.8. The number of hydrogen-bond acceptors (Lipinski definition) is 10. The average Bonchev–Trinajstić information content (AvgIpc) is 2.97. The van der Waals surface area contributed by atoms with Gasteiger partial charge in [-0.2, -0.15) is 41.5 Å². The Morgan fingerprint density at radius 2 is 1.77 bits per heavy atom. The molecule has 18 heteroatoms. The first-order valence-electron chi connectivity index (χ1n) is 13.8. The zero-order valence-corrected chi connectivity index (χ0v) is 23.5. The second-order valence-electron chi connectivity index (χ2n) is 10.5. The minimum atomic E-state index is -4.58. The number of fused-ring (bicyclic) bond motifs is 2. The number of anilines is 3. The highest BCUT2D eigenvalue weighted by Gasteiger charge is 2.47. The maximum absolute atomic E-state index is 13.8. The van der Waals surface area contributed by atoms with Crippen LogP contribution < -0.4 is 26.2 Å². The Morgan fingerprint density at radius 3 is 2.45 bits per heavy atom. The predicted molar refractivity (Wildman–Crippen MR) is 145 cm³/mol. The number of aromatic nitrogens is 6. The molecule has 0 amide bonds. The highest BCUT2D eigenvalue weighted by atomic mass is 19.4. The summed E-state index contributed by atoms with van der Waals surface area (Å²) in [4.78, 5) is 35.0. The molecule has 0 spiro atoms. The van der Waals surface area contributed by atoms with Crippen LogP contribution in [0.25, 0.3) is 0 Å². The lowest BCUT2D eigenvalue weighted by molar-refractivity contribution is -0.153. The smallest absolute Gasteiger partial charge is 0.377 e. The molecule has 44 heavy (non-hydrogen) atoms. The molecule has 6 rings (SSSR count). The largest absolute Gasteiger partial charge is 0.433 e. The number of alkyl halides is 6. The lowest BCUT2D eigenvalue weighted by Crippen LogP contribution is -2.52. The van der Waals surface area contributed by atoms with E-state index in [0.29, 0.717) is 56.7 Å². The second-order valence-corrected chi connectivity index (χ2v) is 10.5. The van der Waals surface area contributed by atoms with Crippen LogP contribution in [0.5, 0.6) is 0 Å². The fourth-order valence-corrected chi connectivity index (χ4v) is 5.24. The number of hydrogen-bond donors (Lipinski definition) is 1. The number of rotatable bonds is 3. The first-order valence-corrected chi connectivity index (χ1v) is 13.8. The molecule has 0 bridgehead atoms. The van der Waals surface area contributed by atoms with E-state index in [2.05, 4.69) is 25.5 Å². The van der Waals surface area contributed by atoms with E-state index in [1.165, 1.54) is 27.6 Å². The zero-order chi connectivity index (χ0) is 31.6. The van der Waals surface area contributed by atoms with Crippen molar-refractivity contribution in [2.45, 2.75) is 63.8 Å². The van der Waals surface area contributed by atoms with Crippen LogP contribution in [0.4, 0.5) is 44.1 Å². The monoisotopic (exact) mass is 629 g/mol. The van der Waals surface area contributed by atoms with Gasteiger partial charge in [-0.15, -0.1) is 0 Å². The van der Waals surface area contributed by atoms with E-state index in [-0.39, 0.29) is 43.0 Å². The third-order valence-corrected chi connectivity index (χ3v) is 7.41. The van der Waals surface area contributed by atoms with Gasteiger partial charge in [-0.3, -0.25) is 18.7 Å². The van der Waals surface area contributed by atoms with E-state index < -0.39 is 29.6 Å². The highest BCUT2D eigenvalue weighted by Crippen LogP contribution is 2.35. The van der Waals surface area contributed by atoms with Gasteiger partial charge in [-0.05, 0) is 31.4 Å². The molecule has 6 heterocycles. The lowest BCUT2D eigenvalue weighted by Gasteiger charge is -2.40. The van der Waals surface area contributed by atoms with Gasteiger partial charge in [-0.1, -0.05) is 0 Å². The van der Waals surface area contributed by atoms with Crippen LogP contribution in [0, 0.1) is 0 Å². The normalized spacial score (nSPS) is 20.2. The average molecular weight is 630 g/mol. The van der Waals surface area contributed by atoms with Gasteiger partial charge in [0.05, 0.1) is 25.5 Å². The number of nitrogens with one attached hydrogen (secondary N) is 1. The lowest BCUT2D eigenvalue weighted by atomic mass is 10.1. The van der Waals surface area contributed by atoms with Crippen LogP contribution >= 0.6 is 0 Å². The van der Waals surface area contributed by atoms with E-state index in [0.717, 1.165) is 4.90 Å². The summed E-state index contributed by atoms with van der Waals surface area (Å²) in [6.45, 7) is 4.23. The maximum Gasteiger partial charge on any atom is 0.433 e. The van der Waals surface area contributed by atoms with E-state index in [4.69, 9.17) is 4.74 Å². The van der Waals surface area contributed by atoms with Crippen molar-refractivity contribution in [1.82, 2.24) is 29.3 Å². The number of ether oxygens (including phenoxy) is 1. The number of nitrogens with zero attached hydrogens (tertiary/aromatic N) is 8. The third-order valence-electron chi connectivity index (χ3n) is 7.41. The van der Waals surface area contributed by atoms with Gasteiger partial charge in [0.2, 0.25) is 11.9 Å². The predicted octanol–water partition coefficient (Wildman–Crippen LogP) is 2.68. The molecule has 2 atom stereocenters. The molecule has 1 saturated heterocycles. The first kappa shape index (κ1) is 31.2. The second kappa shape index (κ2) is 12.4. The summed E-state index contributed by atoms with van der Waals surface area (Å²) >= 11 is 0. The van der Waals surface area contributed by atoms with E-state index in [9.17, 15) is 35.9 Å². The molecule has 0 aliphatic carbocycles. The summed E-state index contributed by atoms with van der Waals surface area (Å²) in [7, 11) is 0. The molecule has 1 fully saturated rings. The van der Waals surface area contributed by atoms with Crippen molar-refractivity contribution in [3.8, 4) is 0 Å². The number of morpholine rings is 1. The molecule has 3 aromatic rings. The quantitative estimate of drug-likeness (QED) is 0.433. The Balaban J connectivity index is 0.000000215. The van der Waals surface area contributed by atoms with Gasteiger partial charge in [0, 0.05) is 51.1 Å². The molecule has 0 saturated carbocycles. The van der Waals surface area contributed by atoms with Crippen LogP contribution in [0.1, 0.15) is 31.0 Å². The van der Waals surface area contributed by atoms with Gasteiger partial charge in [0.1, 0.15) is 11.9 Å². The number of halogens is 6. The van der Waals surface area contributed by atoms with Crippen LogP contribution in [-0.2, 0) is 30.5 Å². The maximum atomic E-state index is 13.8. The van der Waals surface area contributed by atoms with Gasteiger partial charge < -0.3 is 19.9 Å². The fraction of sp³-hybridized carbons (Fsp3) is 0.538. The summed E-state index contributed by atoms with van der Waals surface area (Å²) in [5, 5.41) is 10.1. The van der Waals surface area contributed by atoms with Crippen LogP contribution in [0.2, 0.25) is 0 Å². The Bertz CT molecular complexity index is 1580. The summed E-state index contributed by atoms with van der Waals surface area (Å²) in [5.74, 6) is 0.399. The van der Waals surface area contributed by atoms with Crippen LogP contribution in [0.3, 0.4) is 0 Å². The molecule has 238 valence electrons. The molecule has 0 unspecified atom stereocenters. The Hall–Kier alpha value is -4.22. The summed E-state index contributed by atoms with van der Waals surface area (Å²) < 4.78 is 86.2. The van der Waals surface area contributed by atoms with Crippen molar-refractivity contribution in [2.75, 3.05) is 41.4 Å². The summed E-state index contributed by atoms with van der Waals surface area (Å²) in [6.07, 6.45) is -5.70. The fourth-order valence-electron chi connectivity index (χ4n) is 5.24. The van der Waals surface area contributed by atoms with Crippen molar-refractivity contribution < 1.29 is 31.1 Å². The van der Waals surface area contributed by atoms with Gasteiger partial charge >= 0.3 is 12.4 Å². The molecular weight excluding hydrogens is 600 g/mol.